The van der Waals surface area contributed by atoms with Crippen molar-refractivity contribution in [1.82, 2.24) is 4.90 Å². The van der Waals surface area contributed by atoms with Gasteiger partial charge >= 0.3 is 0 Å². The topological polar surface area (TPSA) is 65.3 Å². The Balaban J connectivity index is 1.60. The maximum atomic E-state index is 10.6. The minimum Gasteiger partial charge on any atom is -0.491 e. The normalized spacial score (nSPS) is 29.9. The molecule has 3 heterocycles. The van der Waals surface area contributed by atoms with E-state index in [-0.39, 0.29) is 18.1 Å². The van der Waals surface area contributed by atoms with E-state index < -0.39 is 5.60 Å². The van der Waals surface area contributed by atoms with Crippen LogP contribution in [0.2, 0.25) is 0 Å². The number of piperidine rings is 1. The molecule has 0 spiro atoms. The van der Waals surface area contributed by atoms with Crippen LogP contribution >= 0.6 is 0 Å². The van der Waals surface area contributed by atoms with Crippen LogP contribution in [-0.4, -0.2) is 59.7 Å². The Labute approximate surface area is 186 Å². The summed E-state index contributed by atoms with van der Waals surface area (Å²) in [6.45, 7) is 9.27. The molecular formula is C26H36N2O3. The van der Waals surface area contributed by atoms with E-state index in [1.165, 1.54) is 5.57 Å². The van der Waals surface area contributed by atoms with Crippen LogP contribution in [0.4, 0.5) is 0 Å². The van der Waals surface area contributed by atoms with E-state index in [0.717, 1.165) is 55.8 Å². The number of dihydropyridines is 1. The van der Waals surface area contributed by atoms with Gasteiger partial charge in [-0.3, -0.25) is 4.99 Å². The van der Waals surface area contributed by atoms with Gasteiger partial charge in [0, 0.05) is 37.3 Å². The first-order chi connectivity index (χ1) is 14.9. The zero-order chi connectivity index (χ0) is 22.0. The molecule has 4 rings (SSSR count). The molecule has 4 atom stereocenters. The van der Waals surface area contributed by atoms with Crippen LogP contribution in [0.3, 0.4) is 0 Å². The van der Waals surface area contributed by atoms with E-state index in [1.807, 2.05) is 38.3 Å². The predicted octanol–water partition coefficient (Wildman–Crippen LogP) is 3.80. The lowest BCUT2D eigenvalue weighted by atomic mass is 9.84. The van der Waals surface area contributed by atoms with Crippen molar-refractivity contribution in [2.24, 2.45) is 16.8 Å². The van der Waals surface area contributed by atoms with Crippen molar-refractivity contribution in [2.45, 2.75) is 57.8 Å². The minimum atomic E-state index is -0.907. The Morgan fingerprint density at radius 2 is 2.16 bits per heavy atom. The smallest absolute Gasteiger partial charge is 0.126 e. The van der Waals surface area contributed by atoms with Gasteiger partial charge in [0.25, 0.3) is 0 Å². The molecule has 0 saturated carbocycles. The Bertz CT molecular complexity index is 868. The van der Waals surface area contributed by atoms with Gasteiger partial charge in [0.15, 0.2) is 0 Å². The summed E-state index contributed by atoms with van der Waals surface area (Å²) in [5.74, 6) is 1.42. The van der Waals surface area contributed by atoms with Crippen LogP contribution in [0.5, 0.6) is 5.75 Å². The number of aliphatic hydroxyl groups excluding tert-OH is 1. The standard InChI is InChI=1S/C26H36N2O3/c1-4-18-16-28(14-11-24(18)29)13-6-8-20-21-7-5-12-27-23(21)17-31-25-10-9-19(15-22(20)25)26(2,3)30/h5,7-10,12,15,18,21,23-24,29-30H,4,6,11,13-14,16-17H2,1-3H3/b20-8+. The number of likely N-dealkylation sites (tertiary alicyclic amines) is 1. The summed E-state index contributed by atoms with van der Waals surface area (Å²) in [4.78, 5) is 7.16. The maximum absolute atomic E-state index is 10.6. The zero-order valence-corrected chi connectivity index (χ0v) is 19.0. The maximum Gasteiger partial charge on any atom is 0.126 e. The molecule has 1 aromatic carbocycles. The third kappa shape index (κ3) is 4.94. The van der Waals surface area contributed by atoms with E-state index in [4.69, 9.17) is 4.74 Å². The van der Waals surface area contributed by atoms with E-state index in [0.29, 0.717) is 12.5 Å². The summed E-state index contributed by atoms with van der Waals surface area (Å²) >= 11 is 0. The van der Waals surface area contributed by atoms with Gasteiger partial charge in [0.1, 0.15) is 12.4 Å². The second-order valence-corrected chi connectivity index (χ2v) is 9.63. The van der Waals surface area contributed by atoms with E-state index in [9.17, 15) is 10.2 Å². The van der Waals surface area contributed by atoms with Gasteiger partial charge in [-0.2, -0.15) is 0 Å². The summed E-state index contributed by atoms with van der Waals surface area (Å²) in [6, 6.07) is 6.09. The molecule has 5 heteroatoms. The van der Waals surface area contributed by atoms with Crippen LogP contribution in [0, 0.1) is 11.8 Å². The fourth-order valence-electron chi connectivity index (χ4n) is 4.97. The van der Waals surface area contributed by atoms with Gasteiger partial charge in [0.2, 0.25) is 0 Å². The minimum absolute atomic E-state index is 0.0730. The number of allylic oxidation sites excluding steroid dienone is 1. The number of fused-ring (bicyclic) bond motifs is 2. The zero-order valence-electron chi connectivity index (χ0n) is 19.0. The number of aliphatic imine (C=N–C) groups is 1. The average molecular weight is 425 g/mol. The van der Waals surface area contributed by atoms with Gasteiger partial charge in [-0.25, -0.2) is 0 Å². The quantitative estimate of drug-likeness (QED) is 0.755. The summed E-state index contributed by atoms with van der Waals surface area (Å²) in [5.41, 5.74) is 2.28. The second-order valence-electron chi connectivity index (χ2n) is 9.63. The van der Waals surface area contributed by atoms with Crippen LogP contribution < -0.4 is 4.74 Å². The Morgan fingerprint density at radius 3 is 2.94 bits per heavy atom. The molecule has 1 aromatic rings. The molecule has 3 aliphatic rings. The summed E-state index contributed by atoms with van der Waals surface area (Å²) in [7, 11) is 0. The van der Waals surface area contributed by atoms with Crippen molar-refractivity contribution in [3.05, 3.63) is 47.6 Å². The van der Waals surface area contributed by atoms with Crippen molar-refractivity contribution in [3.63, 3.8) is 0 Å². The molecule has 0 aliphatic carbocycles. The molecule has 0 amide bonds. The van der Waals surface area contributed by atoms with Crippen molar-refractivity contribution >= 4 is 11.8 Å². The first kappa shape index (κ1) is 22.3. The van der Waals surface area contributed by atoms with E-state index >= 15 is 0 Å². The highest BCUT2D eigenvalue weighted by atomic mass is 16.5. The number of aliphatic hydroxyl groups is 2. The Morgan fingerprint density at radius 1 is 1.32 bits per heavy atom. The average Bonchev–Trinajstić information content (AvgIpc) is 2.91. The lowest BCUT2D eigenvalue weighted by Crippen LogP contribution is -2.43. The fourth-order valence-corrected chi connectivity index (χ4v) is 4.97. The van der Waals surface area contributed by atoms with Crippen LogP contribution in [-0.2, 0) is 5.60 Å². The number of rotatable bonds is 5. The largest absolute Gasteiger partial charge is 0.491 e. The van der Waals surface area contributed by atoms with Crippen molar-refractivity contribution in [2.75, 3.05) is 26.2 Å². The highest BCUT2D eigenvalue weighted by Gasteiger charge is 2.32. The molecule has 4 unspecified atom stereocenters. The molecule has 0 bridgehead atoms. The van der Waals surface area contributed by atoms with Crippen molar-refractivity contribution in [3.8, 4) is 5.75 Å². The van der Waals surface area contributed by atoms with Crippen LogP contribution in [0.15, 0.2) is 41.4 Å². The highest BCUT2D eigenvalue weighted by molar-refractivity contribution is 5.79. The lowest BCUT2D eigenvalue weighted by molar-refractivity contribution is 0.0259. The first-order valence-electron chi connectivity index (χ1n) is 11.7. The SMILES string of the molecule is CCC1CN(CC/C=C2/c3cc(C(C)(C)O)ccc3OCC3N=CC=CC23)CCC1O. The lowest BCUT2D eigenvalue weighted by Gasteiger charge is -2.35. The molecule has 1 fully saturated rings. The monoisotopic (exact) mass is 424 g/mol. The molecule has 1 saturated heterocycles. The molecule has 2 N–H and O–H groups in total. The molecule has 31 heavy (non-hydrogen) atoms. The molecule has 5 nitrogen and oxygen atoms in total. The van der Waals surface area contributed by atoms with Crippen molar-refractivity contribution in [1.29, 1.82) is 0 Å². The number of benzene rings is 1. The van der Waals surface area contributed by atoms with E-state index in [2.05, 4.69) is 35.0 Å². The third-order valence-corrected chi connectivity index (χ3v) is 6.97. The van der Waals surface area contributed by atoms with Crippen LogP contribution in [0.1, 0.15) is 51.2 Å². The summed E-state index contributed by atoms with van der Waals surface area (Å²) in [6.07, 6.45) is 11.1. The molecule has 168 valence electrons. The van der Waals surface area contributed by atoms with Gasteiger partial charge in [-0.05, 0) is 68.4 Å². The number of hydrogen-bond acceptors (Lipinski definition) is 5. The first-order valence-corrected chi connectivity index (χ1v) is 11.7. The van der Waals surface area contributed by atoms with Gasteiger partial charge < -0.3 is 19.8 Å². The Hall–Kier alpha value is -1.95. The van der Waals surface area contributed by atoms with E-state index in [1.54, 1.807) is 0 Å². The van der Waals surface area contributed by atoms with Crippen LogP contribution in [0.25, 0.3) is 5.57 Å². The molecular weight excluding hydrogens is 388 g/mol. The summed E-state index contributed by atoms with van der Waals surface area (Å²) in [5, 5.41) is 20.8. The van der Waals surface area contributed by atoms with Gasteiger partial charge in [-0.15, -0.1) is 0 Å². The fraction of sp³-hybridized carbons (Fsp3) is 0.577. The molecule has 0 radical (unpaired) electrons. The number of nitrogens with zero attached hydrogens (tertiary/aromatic N) is 2. The second kappa shape index (κ2) is 9.27. The number of hydrogen-bond donors (Lipinski definition) is 2. The van der Waals surface area contributed by atoms with Gasteiger partial charge in [0.05, 0.1) is 17.7 Å². The molecule has 0 aromatic heterocycles. The summed E-state index contributed by atoms with van der Waals surface area (Å²) < 4.78 is 6.14. The number of ether oxygens (including phenoxy) is 1. The van der Waals surface area contributed by atoms with Gasteiger partial charge in [-0.1, -0.05) is 25.1 Å². The predicted molar refractivity (Wildman–Crippen MR) is 126 cm³/mol. The Kier molecular flexibility index (Phi) is 6.65. The van der Waals surface area contributed by atoms with Crippen molar-refractivity contribution < 1.29 is 14.9 Å². The highest BCUT2D eigenvalue weighted by Crippen LogP contribution is 2.40. The third-order valence-electron chi connectivity index (χ3n) is 6.97. The molecule has 3 aliphatic heterocycles.